The average Bonchev–Trinajstić information content (AvgIpc) is 2.17. The summed E-state index contributed by atoms with van der Waals surface area (Å²) in [6, 6.07) is 1.45. The highest BCUT2D eigenvalue weighted by Gasteiger charge is 2.33. The fraction of sp³-hybridized carbons (Fsp3) is 0.444. The molecule has 3 nitrogen and oxygen atoms in total. The lowest BCUT2D eigenvalue weighted by Crippen LogP contribution is -2.28. The van der Waals surface area contributed by atoms with Crippen LogP contribution in [0.1, 0.15) is 11.3 Å². The number of alkyl halides is 3. The van der Waals surface area contributed by atoms with E-state index in [0.717, 1.165) is 6.07 Å². The predicted octanol–water partition coefficient (Wildman–Crippen LogP) is 0.962. The van der Waals surface area contributed by atoms with E-state index in [9.17, 15) is 13.2 Å². The molecule has 3 N–H and O–H groups in total. The highest BCUT2D eigenvalue weighted by atomic mass is 19.4. The molecule has 0 amide bonds. The lowest BCUT2D eigenvalue weighted by Gasteiger charge is -2.13. The van der Waals surface area contributed by atoms with Crippen molar-refractivity contribution in [3.63, 3.8) is 0 Å². The van der Waals surface area contributed by atoms with Crippen molar-refractivity contribution in [2.45, 2.75) is 18.6 Å². The van der Waals surface area contributed by atoms with Gasteiger partial charge in [-0.3, -0.25) is 4.98 Å². The lowest BCUT2D eigenvalue weighted by molar-refractivity contribution is -0.138. The van der Waals surface area contributed by atoms with Gasteiger partial charge >= 0.3 is 6.18 Å². The van der Waals surface area contributed by atoms with Crippen molar-refractivity contribution in [2.75, 3.05) is 6.61 Å². The van der Waals surface area contributed by atoms with Gasteiger partial charge in [0.25, 0.3) is 0 Å². The summed E-state index contributed by atoms with van der Waals surface area (Å²) in [5.41, 5.74) is 4.43. The summed E-state index contributed by atoms with van der Waals surface area (Å²) in [6.45, 7) is -0.367. The molecule has 0 saturated carbocycles. The van der Waals surface area contributed by atoms with Gasteiger partial charge in [0.05, 0.1) is 17.9 Å². The minimum Gasteiger partial charge on any atom is -0.395 e. The third-order valence-electron chi connectivity index (χ3n) is 1.89. The first kappa shape index (κ1) is 11.9. The first-order valence-electron chi connectivity index (χ1n) is 4.32. The molecule has 1 heterocycles. The number of aliphatic hydroxyl groups excluding tert-OH is 1. The summed E-state index contributed by atoms with van der Waals surface area (Å²) in [5.74, 6) is 0. The third-order valence-corrected chi connectivity index (χ3v) is 1.89. The van der Waals surface area contributed by atoms with E-state index in [2.05, 4.69) is 4.98 Å². The highest BCUT2D eigenvalue weighted by molar-refractivity contribution is 5.23. The van der Waals surface area contributed by atoms with Gasteiger partial charge in [0.15, 0.2) is 0 Å². The minimum atomic E-state index is -4.43. The van der Waals surface area contributed by atoms with Crippen LogP contribution in [-0.2, 0) is 12.6 Å². The largest absolute Gasteiger partial charge is 0.418 e. The normalized spacial score (nSPS) is 13.9. The summed E-state index contributed by atoms with van der Waals surface area (Å²) in [7, 11) is 0. The van der Waals surface area contributed by atoms with Crippen molar-refractivity contribution in [3.05, 3.63) is 29.6 Å². The van der Waals surface area contributed by atoms with Crippen LogP contribution in [0.25, 0.3) is 0 Å². The van der Waals surface area contributed by atoms with Crippen molar-refractivity contribution in [2.24, 2.45) is 5.73 Å². The molecule has 84 valence electrons. The van der Waals surface area contributed by atoms with E-state index in [1.807, 2.05) is 0 Å². The molecule has 0 aliphatic heterocycles. The SMILES string of the molecule is NC(CO)Cc1ncccc1C(F)(F)F. The molecule has 0 aromatic carbocycles. The minimum absolute atomic E-state index is 0.0911. The van der Waals surface area contributed by atoms with Crippen LogP contribution < -0.4 is 5.73 Å². The van der Waals surface area contributed by atoms with Crippen LogP contribution in [-0.4, -0.2) is 22.7 Å². The quantitative estimate of drug-likeness (QED) is 0.797. The summed E-state index contributed by atoms with van der Waals surface area (Å²) in [4.78, 5) is 3.62. The number of hydrogen-bond donors (Lipinski definition) is 2. The van der Waals surface area contributed by atoms with Gasteiger partial charge in [-0.15, -0.1) is 0 Å². The predicted molar refractivity (Wildman–Crippen MR) is 48.0 cm³/mol. The average molecular weight is 220 g/mol. The zero-order valence-corrected chi connectivity index (χ0v) is 7.83. The molecule has 0 spiro atoms. The van der Waals surface area contributed by atoms with E-state index in [1.165, 1.54) is 12.3 Å². The van der Waals surface area contributed by atoms with Gasteiger partial charge in [-0.2, -0.15) is 13.2 Å². The molecule has 6 heteroatoms. The molecule has 1 atom stereocenters. The monoisotopic (exact) mass is 220 g/mol. The van der Waals surface area contributed by atoms with Gasteiger partial charge in [-0.05, 0) is 12.1 Å². The van der Waals surface area contributed by atoms with Crippen molar-refractivity contribution in [1.82, 2.24) is 4.98 Å². The Morgan fingerprint density at radius 3 is 2.67 bits per heavy atom. The molecule has 0 fully saturated rings. The molecule has 1 unspecified atom stereocenters. The van der Waals surface area contributed by atoms with Gasteiger partial charge in [0.2, 0.25) is 0 Å². The number of aliphatic hydroxyl groups is 1. The van der Waals surface area contributed by atoms with E-state index < -0.39 is 17.8 Å². The van der Waals surface area contributed by atoms with E-state index in [0.29, 0.717) is 0 Å². The van der Waals surface area contributed by atoms with Crippen LogP contribution in [0, 0.1) is 0 Å². The Bertz CT molecular complexity index is 327. The Morgan fingerprint density at radius 2 is 2.13 bits per heavy atom. The fourth-order valence-corrected chi connectivity index (χ4v) is 1.17. The number of rotatable bonds is 3. The zero-order chi connectivity index (χ0) is 11.5. The van der Waals surface area contributed by atoms with Crippen LogP contribution in [0.5, 0.6) is 0 Å². The van der Waals surface area contributed by atoms with Crippen molar-refractivity contribution < 1.29 is 18.3 Å². The Hall–Kier alpha value is -1.14. The first-order valence-corrected chi connectivity index (χ1v) is 4.32. The van der Waals surface area contributed by atoms with Gasteiger partial charge in [0, 0.05) is 18.7 Å². The van der Waals surface area contributed by atoms with E-state index >= 15 is 0 Å². The summed E-state index contributed by atoms with van der Waals surface area (Å²) in [5, 5.41) is 8.66. The fourth-order valence-electron chi connectivity index (χ4n) is 1.17. The molecular formula is C9H11F3N2O. The Labute approximate surface area is 84.7 Å². The smallest absolute Gasteiger partial charge is 0.395 e. The summed E-state index contributed by atoms with van der Waals surface area (Å²) in [6.07, 6.45) is -3.25. The molecule has 0 aliphatic rings. The Morgan fingerprint density at radius 1 is 1.47 bits per heavy atom. The molecule has 0 aliphatic carbocycles. The molecule has 1 aromatic rings. The van der Waals surface area contributed by atoms with E-state index in [1.54, 1.807) is 0 Å². The molecule has 0 radical (unpaired) electrons. The standard InChI is InChI=1S/C9H11F3N2O/c10-9(11,12)7-2-1-3-14-8(7)4-6(13)5-15/h1-3,6,15H,4-5,13H2. The molecule has 1 aromatic heterocycles. The van der Waals surface area contributed by atoms with Crippen molar-refractivity contribution in [1.29, 1.82) is 0 Å². The molecule has 0 bridgehead atoms. The number of nitrogens with zero attached hydrogens (tertiary/aromatic N) is 1. The summed E-state index contributed by atoms with van der Waals surface area (Å²) >= 11 is 0. The lowest BCUT2D eigenvalue weighted by atomic mass is 10.1. The molecule has 15 heavy (non-hydrogen) atoms. The van der Waals surface area contributed by atoms with Crippen molar-refractivity contribution in [3.8, 4) is 0 Å². The second-order valence-electron chi connectivity index (χ2n) is 3.14. The maximum Gasteiger partial charge on any atom is 0.418 e. The Kier molecular flexibility index (Phi) is 3.65. The number of aromatic nitrogens is 1. The van der Waals surface area contributed by atoms with Crippen LogP contribution in [0.3, 0.4) is 0 Å². The second kappa shape index (κ2) is 4.59. The van der Waals surface area contributed by atoms with Gasteiger partial charge in [-0.25, -0.2) is 0 Å². The third kappa shape index (κ3) is 3.17. The van der Waals surface area contributed by atoms with Gasteiger partial charge in [-0.1, -0.05) is 0 Å². The van der Waals surface area contributed by atoms with Crippen LogP contribution >= 0.6 is 0 Å². The second-order valence-corrected chi connectivity index (χ2v) is 3.14. The molecule has 0 saturated heterocycles. The topological polar surface area (TPSA) is 59.1 Å². The zero-order valence-electron chi connectivity index (χ0n) is 7.83. The maximum atomic E-state index is 12.5. The van der Waals surface area contributed by atoms with Gasteiger partial charge < -0.3 is 10.8 Å². The van der Waals surface area contributed by atoms with Crippen LogP contribution in [0.4, 0.5) is 13.2 Å². The van der Waals surface area contributed by atoms with Crippen LogP contribution in [0.15, 0.2) is 18.3 Å². The summed E-state index contributed by atoms with van der Waals surface area (Å²) < 4.78 is 37.4. The molecular weight excluding hydrogens is 209 g/mol. The van der Waals surface area contributed by atoms with Crippen LogP contribution in [0.2, 0.25) is 0 Å². The van der Waals surface area contributed by atoms with E-state index in [4.69, 9.17) is 10.8 Å². The number of nitrogens with two attached hydrogens (primary N) is 1. The number of halogens is 3. The first-order chi connectivity index (χ1) is 6.95. The molecule has 1 rings (SSSR count). The number of hydrogen-bond acceptors (Lipinski definition) is 3. The maximum absolute atomic E-state index is 12.5. The van der Waals surface area contributed by atoms with Gasteiger partial charge in [0.1, 0.15) is 0 Å². The van der Waals surface area contributed by atoms with Crippen molar-refractivity contribution >= 4 is 0 Å². The highest BCUT2D eigenvalue weighted by Crippen LogP contribution is 2.31. The number of pyridine rings is 1. The Balaban J connectivity index is 2.97. The van der Waals surface area contributed by atoms with E-state index in [-0.39, 0.29) is 18.7 Å².